The van der Waals surface area contributed by atoms with Gasteiger partial charge in [0.2, 0.25) is 0 Å². The van der Waals surface area contributed by atoms with Crippen molar-refractivity contribution in [1.82, 2.24) is 0 Å². The molecule has 4 fully saturated rings. The first-order valence-corrected chi connectivity index (χ1v) is 53.3. The molecule has 2 saturated heterocycles. The number of benzene rings is 11. The second-order valence-electron chi connectivity index (χ2n) is 38.9. The van der Waals surface area contributed by atoms with Crippen LogP contribution in [-0.4, -0.2) is 57.2 Å². The Morgan fingerprint density at radius 3 is 0.800 bits per heavy atom. The minimum atomic E-state index is -0.120. The van der Waals surface area contributed by atoms with Gasteiger partial charge in [0.15, 0.2) is 53.9 Å². The number of hydrogen-bond donors (Lipinski definition) is 0. The second kappa shape index (κ2) is 43.4. The molecule has 2 nitrogen and oxygen atoms in total. The lowest BCUT2D eigenvalue weighted by Gasteiger charge is -2.34. The van der Waals surface area contributed by atoms with Gasteiger partial charge in [-0.3, -0.25) is 0 Å². The fourth-order valence-corrected chi connectivity index (χ4v) is 29.7. The Labute approximate surface area is 750 Å². The highest BCUT2D eigenvalue weighted by molar-refractivity contribution is 8.05. The van der Waals surface area contributed by atoms with E-state index in [1.807, 2.05) is 0 Å². The number of hydrogen-bond acceptors (Lipinski definition) is 4. The summed E-state index contributed by atoms with van der Waals surface area (Å²) >= 11 is 4.19. The molecule has 4 aliphatic rings. The minimum Gasteiger partial charge on any atom is -0.488 e. The van der Waals surface area contributed by atoms with E-state index in [0.29, 0.717) is 21.8 Å². The summed E-state index contributed by atoms with van der Waals surface area (Å²) in [5, 5.41) is 0. The van der Waals surface area contributed by atoms with Crippen LogP contribution in [0.2, 0.25) is 0 Å². The average Bonchev–Trinajstić information content (AvgIpc) is 0.794. The summed E-state index contributed by atoms with van der Waals surface area (Å²) in [7, 11) is 0.742. The van der Waals surface area contributed by atoms with Gasteiger partial charge in [-0.05, 0) is 290 Å². The van der Waals surface area contributed by atoms with Crippen molar-refractivity contribution >= 4 is 78.0 Å². The Morgan fingerprint density at radius 2 is 0.533 bits per heavy atom. The van der Waals surface area contributed by atoms with E-state index in [1.165, 1.54) is 197 Å². The van der Waals surface area contributed by atoms with Crippen molar-refractivity contribution in [3.05, 3.63) is 318 Å². The van der Waals surface area contributed by atoms with Gasteiger partial charge in [-0.1, -0.05) is 257 Å². The van der Waals surface area contributed by atoms with E-state index >= 15 is 0 Å². The molecule has 11 aromatic rings. The molecular weight excluding hydrogens is 1590 g/mol. The zero-order chi connectivity index (χ0) is 85.7. The Kier molecular flexibility index (Phi) is 34.0. The van der Waals surface area contributed by atoms with Crippen molar-refractivity contribution in [2.75, 3.05) is 46.0 Å². The molecule has 9 heteroatoms. The largest absolute Gasteiger partial charge is 0.488 e. The third kappa shape index (κ3) is 28.2. The maximum atomic E-state index is 6.28. The van der Waals surface area contributed by atoms with Crippen LogP contribution >= 0.6 is 23.5 Å². The summed E-state index contributed by atoms with van der Waals surface area (Å²) in [4.78, 5) is 15.5. The van der Waals surface area contributed by atoms with E-state index in [-0.39, 0.29) is 71.0 Å². The van der Waals surface area contributed by atoms with Crippen LogP contribution in [0.3, 0.4) is 0 Å². The summed E-state index contributed by atoms with van der Waals surface area (Å²) in [5.74, 6) is 13.6. The van der Waals surface area contributed by atoms with Crippen molar-refractivity contribution < 1.29 is 9.47 Å². The molecule has 2 aliphatic heterocycles. The molecular formula is C111H141O2S7+5. The van der Waals surface area contributed by atoms with Crippen molar-refractivity contribution in [2.45, 2.75) is 294 Å². The highest BCUT2D eigenvalue weighted by Gasteiger charge is 2.36. The van der Waals surface area contributed by atoms with Crippen molar-refractivity contribution in [1.29, 1.82) is 0 Å². The number of thioether (sulfide) groups is 2. The first kappa shape index (κ1) is 94.2. The van der Waals surface area contributed by atoms with Crippen molar-refractivity contribution in [3.63, 3.8) is 0 Å². The monoisotopic (exact) mass is 1730 g/mol. The van der Waals surface area contributed by atoms with Gasteiger partial charge >= 0.3 is 0 Å². The maximum Gasteiger partial charge on any atom is 0.166 e. The fourth-order valence-electron chi connectivity index (χ4n) is 15.6. The molecule has 0 atom stereocenters. The molecule has 0 amide bonds. The van der Waals surface area contributed by atoms with Crippen LogP contribution in [-0.2, 0) is 81.5 Å². The van der Waals surface area contributed by atoms with Gasteiger partial charge in [-0.25, -0.2) is 0 Å². The Balaban J connectivity index is 0.000000149. The summed E-state index contributed by atoms with van der Waals surface area (Å²) in [5.41, 5.74) is 9.26. The van der Waals surface area contributed by atoms with Crippen LogP contribution in [0.15, 0.2) is 339 Å². The molecule has 2 saturated carbocycles. The first-order chi connectivity index (χ1) is 57.1. The van der Waals surface area contributed by atoms with Crippen LogP contribution in [0.1, 0.15) is 235 Å². The molecule has 2 heterocycles. The van der Waals surface area contributed by atoms with Gasteiger partial charge in [0.25, 0.3) is 0 Å². The summed E-state index contributed by atoms with van der Waals surface area (Å²) < 4.78 is 12.1. The van der Waals surface area contributed by atoms with Gasteiger partial charge in [0, 0.05) is 44.8 Å². The highest BCUT2D eigenvalue weighted by Crippen LogP contribution is 2.41. The lowest BCUT2D eigenvalue weighted by molar-refractivity contribution is 0.0487. The highest BCUT2D eigenvalue weighted by atomic mass is 32.2. The standard InChI is InChI=1S/C30H39S.C26H31S.C24H25S.C17H25OS2.C14H21OS2/c1-28(2,3)22-10-16-25(17-11-22)31(26-18-12-23(13-19-26)29(4,5)6)27-20-14-24(15-21-27)30(7,8)9;1-25(2,3)20-12-16-23(17-13-20)27(22-10-8-7-9-11-22)24-18-14-21(15-19-24)26(4,5)6;1-4-10-20(11-5-1)21-16-18-24(19-17-21)25(22-12-6-2-7-13-22)23-14-8-3-9-15-23;1-17(9-3-2-4-10-17)18-15-5-7-16(8-6-15)20-13-11-19-12-14-20;1-14(2,3)15-12-4-6-13(7-5-12)17-10-8-16-9-11-17/h10-21H,1-9H3;7-19H,1-6H3;2-3,6-9,12-20H,1,4-5,10-11H2;5-8H,2-4,9-14H2,1H3;4-7H,8-11H2,1-3H3/q5*+1. The van der Waals surface area contributed by atoms with Crippen LogP contribution in [0.4, 0.5) is 0 Å². The van der Waals surface area contributed by atoms with Gasteiger partial charge in [0.05, 0.1) is 32.7 Å². The molecule has 0 spiro atoms. The Morgan fingerprint density at radius 1 is 0.283 bits per heavy atom. The summed E-state index contributed by atoms with van der Waals surface area (Å²) in [6.07, 6.45) is 13.3. The van der Waals surface area contributed by atoms with Crippen LogP contribution in [0.25, 0.3) is 0 Å². The van der Waals surface area contributed by atoms with Crippen LogP contribution in [0, 0.1) is 0 Å². The fraction of sp³-hybridized carbons (Fsp3) is 0.405. The zero-order valence-electron chi connectivity index (χ0n) is 76.1. The van der Waals surface area contributed by atoms with Gasteiger partial charge in [0.1, 0.15) is 45.7 Å². The quantitative estimate of drug-likeness (QED) is 0.0952. The molecule has 0 aromatic heterocycles. The van der Waals surface area contributed by atoms with E-state index in [2.05, 4.69) is 440 Å². The van der Waals surface area contributed by atoms with Gasteiger partial charge in [-0.2, -0.15) is 23.5 Å². The predicted molar refractivity (Wildman–Crippen MR) is 535 cm³/mol. The minimum absolute atomic E-state index is 0.0278. The first-order valence-electron chi connectivity index (χ1n) is 44.2. The molecule has 2 aliphatic carbocycles. The number of rotatable bonds is 15. The molecule has 120 heavy (non-hydrogen) atoms. The molecule has 11 aromatic carbocycles. The maximum absolute atomic E-state index is 6.28. The lowest BCUT2D eigenvalue weighted by atomic mass is 9.84. The predicted octanol–water partition coefficient (Wildman–Crippen LogP) is 31.0. The molecule has 0 unspecified atom stereocenters. The Bertz CT molecular complexity index is 4560. The second-order valence-corrected chi connectivity index (χ2v) is 52.0. The lowest BCUT2D eigenvalue weighted by Crippen LogP contribution is -2.34. The van der Waals surface area contributed by atoms with Gasteiger partial charge < -0.3 is 9.47 Å². The Hall–Kier alpha value is -6.53. The van der Waals surface area contributed by atoms with E-state index in [9.17, 15) is 0 Å². The molecule has 0 radical (unpaired) electrons. The van der Waals surface area contributed by atoms with E-state index < -0.39 is 0 Å². The average molecular weight is 1730 g/mol. The van der Waals surface area contributed by atoms with Crippen molar-refractivity contribution in [3.8, 4) is 11.5 Å². The van der Waals surface area contributed by atoms with E-state index in [0.717, 1.165) is 17.4 Å². The zero-order valence-corrected chi connectivity index (χ0v) is 81.8. The molecule has 0 bridgehead atoms. The van der Waals surface area contributed by atoms with E-state index in [4.69, 9.17) is 9.47 Å². The van der Waals surface area contributed by atoms with Crippen LogP contribution in [0.5, 0.6) is 11.5 Å². The smallest absolute Gasteiger partial charge is 0.166 e. The number of ether oxygens (including phenoxy) is 2. The summed E-state index contributed by atoms with van der Waals surface area (Å²) in [6.45, 7) is 42.6. The third-order valence-electron chi connectivity index (χ3n) is 22.8. The van der Waals surface area contributed by atoms with E-state index in [1.54, 1.807) is 0 Å². The normalized spacial score (nSPS) is 15.8. The van der Waals surface area contributed by atoms with Crippen molar-refractivity contribution in [2.24, 2.45) is 0 Å². The topological polar surface area (TPSA) is 18.5 Å². The SMILES string of the molecule is CC(C)(C)Oc1ccc([S+]2CCSCC2)cc1.CC(C)(C)c1ccc([S+](c2ccc(C(C)(C)C)cc2)c2ccc(C(C)(C)C)cc2)cc1.CC(C)(C)c1ccc([S+](c2ccccc2)c2ccc(C(C)(C)C)cc2)cc1.CC1(Oc2ccc([S+]3CCSCC3)cc2)CCCCC1.c1ccc([S+](c2ccccc2)c2ccc(C3CCCCC3)cc2)cc1. The molecule has 0 N–H and O–H groups in total. The summed E-state index contributed by atoms with van der Waals surface area (Å²) in [6, 6.07) is 106. The third-order valence-corrected chi connectivity index (χ3v) is 37.2. The molecule has 634 valence electrons. The van der Waals surface area contributed by atoms with Gasteiger partial charge in [-0.15, -0.1) is 0 Å². The molecule has 15 rings (SSSR count). The van der Waals surface area contributed by atoms with Crippen LogP contribution < -0.4 is 9.47 Å².